The molecule has 296 valence electrons. The molecular weight excluding hydrogens is 668 g/mol. The lowest BCUT2D eigenvalue weighted by atomic mass is 10.00. The van der Waals surface area contributed by atoms with Gasteiger partial charge in [-0.3, -0.25) is 14.1 Å². The molecule has 0 aliphatic carbocycles. The SMILES string of the molecule is CCCCCCCCCCCCCCCC(=O)OC[C@H](CO[C@@H]1O[C@H](CS(=O)(=O)O)[C@@H](O)[C@H](O)[C@H]1O)OC(=O)CCCCCCCCCCC. The molecule has 0 saturated carbocycles. The van der Waals surface area contributed by atoms with Crippen LogP contribution >= 0.6 is 0 Å². The number of carbonyl (C=O) groups is 2. The number of rotatable bonds is 32. The number of unbranched alkanes of at least 4 members (excludes halogenated alkanes) is 20. The summed E-state index contributed by atoms with van der Waals surface area (Å²) in [5.74, 6) is -1.97. The van der Waals surface area contributed by atoms with Crippen molar-refractivity contribution in [3.8, 4) is 0 Å². The van der Waals surface area contributed by atoms with Gasteiger partial charge in [0, 0.05) is 12.8 Å². The van der Waals surface area contributed by atoms with E-state index in [-0.39, 0.29) is 19.4 Å². The predicted octanol–water partition coefficient (Wildman–Crippen LogP) is 6.56. The van der Waals surface area contributed by atoms with Gasteiger partial charge in [-0.15, -0.1) is 0 Å². The predicted molar refractivity (Wildman–Crippen MR) is 192 cm³/mol. The van der Waals surface area contributed by atoms with Gasteiger partial charge in [0.15, 0.2) is 12.4 Å². The molecule has 0 radical (unpaired) electrons. The van der Waals surface area contributed by atoms with E-state index in [0.717, 1.165) is 38.5 Å². The molecule has 0 unspecified atom stereocenters. The first kappa shape index (κ1) is 46.7. The molecule has 0 amide bonds. The molecule has 1 aliphatic heterocycles. The van der Waals surface area contributed by atoms with E-state index in [9.17, 15) is 37.9 Å². The molecule has 1 rings (SSSR count). The largest absolute Gasteiger partial charge is 0.462 e. The fourth-order valence-electron chi connectivity index (χ4n) is 6.09. The Balaban J connectivity index is 2.50. The van der Waals surface area contributed by atoms with E-state index in [0.29, 0.717) is 12.8 Å². The molecule has 13 heteroatoms. The summed E-state index contributed by atoms with van der Waals surface area (Å²) in [5, 5.41) is 30.7. The summed E-state index contributed by atoms with van der Waals surface area (Å²) in [7, 11) is -4.59. The summed E-state index contributed by atoms with van der Waals surface area (Å²) >= 11 is 0. The Kier molecular flexibility index (Phi) is 27.2. The van der Waals surface area contributed by atoms with E-state index >= 15 is 0 Å². The summed E-state index contributed by atoms with van der Waals surface area (Å²) < 4.78 is 53.7. The maximum Gasteiger partial charge on any atom is 0.306 e. The number of aliphatic hydroxyl groups excluding tert-OH is 3. The van der Waals surface area contributed by atoms with Crippen LogP contribution in [0.3, 0.4) is 0 Å². The molecule has 50 heavy (non-hydrogen) atoms. The van der Waals surface area contributed by atoms with Crippen molar-refractivity contribution in [2.45, 2.75) is 205 Å². The number of aliphatic hydroxyl groups is 3. The Morgan fingerprint density at radius 3 is 1.46 bits per heavy atom. The lowest BCUT2D eigenvalue weighted by molar-refractivity contribution is -0.297. The minimum Gasteiger partial charge on any atom is -0.462 e. The lowest BCUT2D eigenvalue weighted by Crippen LogP contribution is -2.60. The van der Waals surface area contributed by atoms with Crippen LogP contribution in [0.25, 0.3) is 0 Å². The normalized spacial score (nSPS) is 21.6. The lowest BCUT2D eigenvalue weighted by Gasteiger charge is -2.40. The zero-order valence-corrected chi connectivity index (χ0v) is 31.8. The van der Waals surface area contributed by atoms with Crippen LogP contribution in [0.5, 0.6) is 0 Å². The Morgan fingerprint density at radius 2 is 1.02 bits per heavy atom. The smallest absolute Gasteiger partial charge is 0.306 e. The molecule has 6 atom stereocenters. The zero-order chi connectivity index (χ0) is 37.0. The maximum atomic E-state index is 12.7. The fraction of sp³-hybridized carbons (Fsp3) is 0.946. The highest BCUT2D eigenvalue weighted by Gasteiger charge is 2.46. The molecule has 1 aliphatic rings. The van der Waals surface area contributed by atoms with Gasteiger partial charge in [0.05, 0.1) is 6.61 Å². The van der Waals surface area contributed by atoms with Crippen LogP contribution in [0, 0.1) is 0 Å². The van der Waals surface area contributed by atoms with E-state index in [1.54, 1.807) is 0 Å². The van der Waals surface area contributed by atoms with Crippen LogP contribution in [-0.4, -0.2) is 96.0 Å². The summed E-state index contributed by atoms with van der Waals surface area (Å²) in [6.07, 6.45) is 16.0. The van der Waals surface area contributed by atoms with Crippen molar-refractivity contribution in [2.24, 2.45) is 0 Å². The van der Waals surface area contributed by atoms with Gasteiger partial charge in [0.25, 0.3) is 10.1 Å². The Bertz CT molecular complexity index is 962. The zero-order valence-electron chi connectivity index (χ0n) is 31.0. The third-order valence-electron chi connectivity index (χ3n) is 9.19. The first-order chi connectivity index (χ1) is 24.0. The van der Waals surface area contributed by atoms with Gasteiger partial charge in [-0.25, -0.2) is 0 Å². The highest BCUT2D eigenvalue weighted by atomic mass is 32.2. The maximum absolute atomic E-state index is 12.7. The van der Waals surface area contributed by atoms with Gasteiger partial charge in [-0.05, 0) is 12.8 Å². The average molecular weight is 739 g/mol. The van der Waals surface area contributed by atoms with Crippen molar-refractivity contribution in [1.82, 2.24) is 0 Å². The van der Waals surface area contributed by atoms with Crippen LogP contribution in [-0.2, 0) is 38.7 Å². The van der Waals surface area contributed by atoms with E-state index in [4.69, 9.17) is 18.9 Å². The first-order valence-corrected chi connectivity index (χ1v) is 21.2. The van der Waals surface area contributed by atoms with Crippen LogP contribution < -0.4 is 0 Å². The second-order valence-electron chi connectivity index (χ2n) is 14.0. The second-order valence-corrected chi connectivity index (χ2v) is 15.5. The average Bonchev–Trinajstić information content (AvgIpc) is 3.07. The number of carbonyl (C=O) groups excluding carboxylic acids is 2. The van der Waals surface area contributed by atoms with Crippen molar-refractivity contribution in [3.63, 3.8) is 0 Å². The Morgan fingerprint density at radius 1 is 0.600 bits per heavy atom. The first-order valence-electron chi connectivity index (χ1n) is 19.6. The van der Waals surface area contributed by atoms with Crippen LogP contribution in [0.1, 0.15) is 168 Å². The Labute approximate surface area is 302 Å². The van der Waals surface area contributed by atoms with Crippen LogP contribution in [0.15, 0.2) is 0 Å². The monoisotopic (exact) mass is 738 g/mol. The summed E-state index contributed by atoms with van der Waals surface area (Å²) in [5.41, 5.74) is 0. The quantitative estimate of drug-likeness (QED) is 0.0332. The minimum atomic E-state index is -4.59. The summed E-state index contributed by atoms with van der Waals surface area (Å²) in [6, 6.07) is 0. The highest BCUT2D eigenvalue weighted by Crippen LogP contribution is 2.24. The van der Waals surface area contributed by atoms with Crippen molar-refractivity contribution in [3.05, 3.63) is 0 Å². The van der Waals surface area contributed by atoms with Crippen molar-refractivity contribution >= 4 is 22.1 Å². The van der Waals surface area contributed by atoms with Crippen LogP contribution in [0.4, 0.5) is 0 Å². The van der Waals surface area contributed by atoms with Gasteiger partial charge in [0.2, 0.25) is 0 Å². The molecule has 12 nitrogen and oxygen atoms in total. The van der Waals surface area contributed by atoms with E-state index in [2.05, 4.69) is 13.8 Å². The summed E-state index contributed by atoms with van der Waals surface area (Å²) in [4.78, 5) is 25.2. The molecule has 0 bridgehead atoms. The molecule has 0 aromatic carbocycles. The van der Waals surface area contributed by atoms with Crippen molar-refractivity contribution in [2.75, 3.05) is 19.0 Å². The molecule has 0 aromatic heterocycles. The minimum absolute atomic E-state index is 0.170. The topological polar surface area (TPSA) is 186 Å². The number of hydrogen-bond acceptors (Lipinski definition) is 11. The van der Waals surface area contributed by atoms with Crippen molar-refractivity contribution < 1.29 is 56.8 Å². The number of esters is 2. The summed E-state index contributed by atoms with van der Waals surface area (Å²) in [6.45, 7) is 3.71. The third kappa shape index (κ3) is 24.0. The molecular formula is C37H70O12S. The highest BCUT2D eigenvalue weighted by molar-refractivity contribution is 7.85. The van der Waals surface area contributed by atoms with Gasteiger partial charge >= 0.3 is 11.9 Å². The standard InChI is InChI=1S/C37H70O12S/c1-3-5-7-9-11-13-14-15-16-18-19-21-23-25-32(38)46-27-30(48-33(39)26-24-22-20-17-12-10-8-6-4-2)28-47-37-36(42)35(41)34(40)31(49-37)29-50(43,44)45/h30-31,34-37,40-42H,3-29H2,1-2H3,(H,43,44,45)/t30-,31-,34-,35+,36-,37-/m1/s1. The van der Waals surface area contributed by atoms with E-state index in [1.165, 1.54) is 89.9 Å². The van der Waals surface area contributed by atoms with Gasteiger partial charge in [0.1, 0.15) is 36.8 Å². The Hall–Kier alpha value is -1.35. The van der Waals surface area contributed by atoms with E-state index < -0.39 is 71.2 Å². The second kappa shape index (κ2) is 29.1. The molecule has 1 fully saturated rings. The molecule has 1 saturated heterocycles. The van der Waals surface area contributed by atoms with Gasteiger partial charge in [-0.2, -0.15) is 8.42 Å². The molecule has 0 spiro atoms. The van der Waals surface area contributed by atoms with Crippen LogP contribution in [0.2, 0.25) is 0 Å². The molecule has 0 aromatic rings. The number of hydrogen-bond donors (Lipinski definition) is 4. The van der Waals surface area contributed by atoms with Gasteiger partial charge in [-0.1, -0.05) is 142 Å². The van der Waals surface area contributed by atoms with Gasteiger partial charge < -0.3 is 34.3 Å². The molecule has 4 N–H and O–H groups in total. The number of ether oxygens (including phenoxy) is 4. The fourth-order valence-corrected chi connectivity index (χ4v) is 6.78. The molecule has 1 heterocycles. The third-order valence-corrected chi connectivity index (χ3v) is 9.94. The van der Waals surface area contributed by atoms with Crippen molar-refractivity contribution in [1.29, 1.82) is 0 Å². The van der Waals surface area contributed by atoms with E-state index in [1.807, 2.05) is 0 Å².